The second kappa shape index (κ2) is 5.18. The number of hydrogen-bond acceptors (Lipinski definition) is 1. The first-order valence-corrected chi connectivity index (χ1v) is 6.20. The zero-order valence-corrected chi connectivity index (χ0v) is 11.4. The fourth-order valence-electron chi connectivity index (χ4n) is 1.84. The third-order valence-corrected chi connectivity index (χ3v) is 2.92. The molecule has 0 aromatic heterocycles. The Morgan fingerprint density at radius 2 is 1.82 bits per heavy atom. The van der Waals surface area contributed by atoms with Crippen molar-refractivity contribution in [2.75, 3.05) is 0 Å². The van der Waals surface area contributed by atoms with Crippen LogP contribution in [0, 0.1) is 11.7 Å². The number of rotatable bonds is 3. The van der Waals surface area contributed by atoms with Gasteiger partial charge in [0.25, 0.3) is 0 Å². The SMILES string of the molecule is CC(C)CC(O)c1cc(C(C)(C)C)ccc1F. The fraction of sp³-hybridized carbons (Fsp3) is 0.600. The number of aliphatic hydroxyl groups is 1. The first kappa shape index (κ1) is 14.2. The lowest BCUT2D eigenvalue weighted by Crippen LogP contribution is -2.13. The predicted octanol–water partition coefficient (Wildman–Crippen LogP) is 4.20. The molecule has 1 N–H and O–H groups in total. The Kier molecular flexibility index (Phi) is 4.31. The van der Waals surface area contributed by atoms with Crippen molar-refractivity contribution >= 4 is 0 Å². The Balaban J connectivity index is 3.06. The average Bonchev–Trinajstić information content (AvgIpc) is 2.15. The number of hydrogen-bond donors (Lipinski definition) is 1. The van der Waals surface area contributed by atoms with E-state index in [-0.39, 0.29) is 11.2 Å². The second-order valence-electron chi connectivity index (χ2n) is 6.13. The minimum absolute atomic E-state index is 0.0278. The van der Waals surface area contributed by atoms with Crippen LogP contribution in [-0.4, -0.2) is 5.11 Å². The summed E-state index contributed by atoms with van der Waals surface area (Å²) < 4.78 is 13.7. The van der Waals surface area contributed by atoms with Crippen LogP contribution >= 0.6 is 0 Å². The van der Waals surface area contributed by atoms with Gasteiger partial charge in [0.1, 0.15) is 5.82 Å². The van der Waals surface area contributed by atoms with E-state index in [0.717, 1.165) is 5.56 Å². The molecule has 1 aromatic rings. The molecule has 1 unspecified atom stereocenters. The molecule has 0 aliphatic carbocycles. The molecule has 0 saturated heterocycles. The topological polar surface area (TPSA) is 20.2 Å². The van der Waals surface area contributed by atoms with Gasteiger partial charge in [-0.2, -0.15) is 0 Å². The van der Waals surface area contributed by atoms with Crippen molar-refractivity contribution in [2.45, 2.75) is 52.6 Å². The van der Waals surface area contributed by atoms with Crippen LogP contribution in [0.4, 0.5) is 4.39 Å². The largest absolute Gasteiger partial charge is 0.388 e. The van der Waals surface area contributed by atoms with Gasteiger partial charge < -0.3 is 5.11 Å². The molecule has 17 heavy (non-hydrogen) atoms. The van der Waals surface area contributed by atoms with Gasteiger partial charge in [0.2, 0.25) is 0 Å². The molecule has 0 heterocycles. The van der Waals surface area contributed by atoms with E-state index >= 15 is 0 Å². The molecular formula is C15H23FO. The maximum absolute atomic E-state index is 13.7. The van der Waals surface area contributed by atoms with E-state index in [4.69, 9.17) is 0 Å². The maximum atomic E-state index is 13.7. The standard InChI is InChI=1S/C15H23FO/c1-10(2)8-14(17)12-9-11(15(3,4)5)6-7-13(12)16/h6-7,9-10,14,17H,8H2,1-5H3. The molecule has 0 saturated carbocycles. The van der Waals surface area contributed by atoms with Gasteiger partial charge in [-0.25, -0.2) is 4.39 Å². The van der Waals surface area contributed by atoms with Crippen molar-refractivity contribution in [2.24, 2.45) is 5.92 Å². The highest BCUT2D eigenvalue weighted by Gasteiger charge is 2.19. The van der Waals surface area contributed by atoms with Crippen LogP contribution in [0.2, 0.25) is 0 Å². The summed E-state index contributed by atoms with van der Waals surface area (Å²) in [5, 5.41) is 10.0. The van der Waals surface area contributed by atoms with Gasteiger partial charge in [-0.3, -0.25) is 0 Å². The predicted molar refractivity (Wildman–Crippen MR) is 69.5 cm³/mol. The summed E-state index contributed by atoms with van der Waals surface area (Å²) in [7, 11) is 0. The highest BCUT2D eigenvalue weighted by molar-refractivity contribution is 5.31. The third kappa shape index (κ3) is 3.81. The van der Waals surface area contributed by atoms with Crippen molar-refractivity contribution < 1.29 is 9.50 Å². The minimum atomic E-state index is -0.711. The average molecular weight is 238 g/mol. The molecule has 1 aromatic carbocycles. The van der Waals surface area contributed by atoms with Crippen LogP contribution in [0.5, 0.6) is 0 Å². The first-order valence-electron chi connectivity index (χ1n) is 6.20. The van der Waals surface area contributed by atoms with Gasteiger partial charge in [0.15, 0.2) is 0 Å². The van der Waals surface area contributed by atoms with Crippen molar-refractivity contribution in [1.29, 1.82) is 0 Å². The van der Waals surface area contributed by atoms with Gasteiger partial charge in [0, 0.05) is 5.56 Å². The number of benzene rings is 1. The lowest BCUT2D eigenvalue weighted by molar-refractivity contribution is 0.146. The van der Waals surface area contributed by atoms with E-state index in [2.05, 4.69) is 20.8 Å². The van der Waals surface area contributed by atoms with E-state index < -0.39 is 6.10 Å². The monoisotopic (exact) mass is 238 g/mol. The van der Waals surface area contributed by atoms with Crippen LogP contribution in [0.15, 0.2) is 18.2 Å². The maximum Gasteiger partial charge on any atom is 0.129 e. The van der Waals surface area contributed by atoms with Crippen molar-refractivity contribution in [3.8, 4) is 0 Å². The van der Waals surface area contributed by atoms with Crippen LogP contribution in [-0.2, 0) is 5.41 Å². The lowest BCUT2D eigenvalue weighted by atomic mass is 9.85. The Morgan fingerprint density at radius 1 is 1.24 bits per heavy atom. The third-order valence-electron chi connectivity index (χ3n) is 2.92. The molecule has 1 rings (SSSR count). The smallest absolute Gasteiger partial charge is 0.129 e. The normalized spacial score (nSPS) is 14.1. The number of aliphatic hydroxyl groups excluding tert-OH is 1. The zero-order valence-electron chi connectivity index (χ0n) is 11.4. The summed E-state index contributed by atoms with van der Waals surface area (Å²) in [4.78, 5) is 0. The Morgan fingerprint density at radius 3 is 2.29 bits per heavy atom. The van der Waals surface area contributed by atoms with E-state index in [0.29, 0.717) is 17.9 Å². The van der Waals surface area contributed by atoms with Crippen LogP contribution in [0.25, 0.3) is 0 Å². The van der Waals surface area contributed by atoms with E-state index in [1.807, 2.05) is 13.8 Å². The first-order chi connectivity index (χ1) is 7.71. The molecule has 0 bridgehead atoms. The minimum Gasteiger partial charge on any atom is -0.388 e. The summed E-state index contributed by atoms with van der Waals surface area (Å²) in [5.74, 6) is 0.0360. The van der Waals surface area contributed by atoms with Crippen molar-refractivity contribution in [3.63, 3.8) is 0 Å². The Hall–Kier alpha value is -0.890. The molecule has 0 fully saturated rings. The summed E-state index contributed by atoms with van der Waals surface area (Å²) in [6, 6.07) is 5.04. The molecule has 0 aliphatic heterocycles. The highest BCUT2D eigenvalue weighted by Crippen LogP contribution is 2.29. The second-order valence-corrected chi connectivity index (χ2v) is 6.13. The molecule has 0 radical (unpaired) electrons. The number of halogens is 1. The Labute approximate surface area is 104 Å². The fourth-order valence-corrected chi connectivity index (χ4v) is 1.84. The summed E-state index contributed by atoms with van der Waals surface area (Å²) in [6.07, 6.45) is -0.123. The van der Waals surface area contributed by atoms with Crippen molar-refractivity contribution in [3.05, 3.63) is 35.1 Å². The van der Waals surface area contributed by atoms with E-state index in [1.54, 1.807) is 12.1 Å². The molecule has 0 amide bonds. The van der Waals surface area contributed by atoms with Crippen molar-refractivity contribution in [1.82, 2.24) is 0 Å². The zero-order chi connectivity index (χ0) is 13.2. The summed E-state index contributed by atoms with van der Waals surface area (Å²) in [5.41, 5.74) is 1.45. The molecule has 96 valence electrons. The van der Waals surface area contributed by atoms with Gasteiger partial charge in [-0.1, -0.05) is 40.7 Å². The van der Waals surface area contributed by atoms with Gasteiger partial charge >= 0.3 is 0 Å². The summed E-state index contributed by atoms with van der Waals surface area (Å²) in [6.45, 7) is 10.3. The molecular weight excluding hydrogens is 215 g/mol. The Bertz CT molecular complexity index is 377. The molecule has 0 spiro atoms. The molecule has 1 atom stereocenters. The van der Waals surface area contributed by atoms with E-state index in [1.165, 1.54) is 6.07 Å². The lowest BCUT2D eigenvalue weighted by Gasteiger charge is -2.22. The summed E-state index contributed by atoms with van der Waals surface area (Å²) >= 11 is 0. The van der Waals surface area contributed by atoms with Gasteiger partial charge in [-0.05, 0) is 35.4 Å². The van der Waals surface area contributed by atoms with Crippen LogP contribution in [0.1, 0.15) is 58.3 Å². The highest BCUT2D eigenvalue weighted by atomic mass is 19.1. The van der Waals surface area contributed by atoms with Gasteiger partial charge in [-0.15, -0.1) is 0 Å². The van der Waals surface area contributed by atoms with Crippen LogP contribution in [0.3, 0.4) is 0 Å². The van der Waals surface area contributed by atoms with Crippen LogP contribution < -0.4 is 0 Å². The molecule has 1 nitrogen and oxygen atoms in total. The van der Waals surface area contributed by atoms with E-state index in [9.17, 15) is 9.50 Å². The molecule has 0 aliphatic rings. The van der Waals surface area contributed by atoms with Gasteiger partial charge in [0.05, 0.1) is 6.10 Å². The molecule has 2 heteroatoms. The quantitative estimate of drug-likeness (QED) is 0.836.